The van der Waals surface area contributed by atoms with Crippen LogP contribution in [0.15, 0.2) is 36.5 Å². The van der Waals surface area contributed by atoms with Gasteiger partial charge in [-0.2, -0.15) is 0 Å². The molecule has 25 heavy (non-hydrogen) atoms. The molecule has 0 spiro atoms. The van der Waals surface area contributed by atoms with E-state index in [0.29, 0.717) is 25.1 Å². The molecule has 5 nitrogen and oxygen atoms in total. The van der Waals surface area contributed by atoms with Gasteiger partial charge in [0, 0.05) is 37.5 Å². The minimum atomic E-state index is 0.302. The molecular formula is C20H26N2O3. The number of hydrogen-bond acceptors (Lipinski definition) is 5. The molecule has 0 radical (unpaired) electrons. The number of nitrogens with one attached hydrogen (secondary N) is 1. The monoisotopic (exact) mass is 342 g/mol. The fourth-order valence-corrected chi connectivity index (χ4v) is 2.96. The lowest BCUT2D eigenvalue weighted by atomic mass is 10.0. The molecule has 3 rings (SSSR count). The molecule has 1 aromatic carbocycles. The zero-order chi connectivity index (χ0) is 17.5. The first kappa shape index (κ1) is 17.7. The van der Waals surface area contributed by atoms with Crippen LogP contribution in [0.1, 0.15) is 35.6 Å². The van der Waals surface area contributed by atoms with Crippen LogP contribution in [0.5, 0.6) is 11.6 Å². The van der Waals surface area contributed by atoms with Crippen LogP contribution in [-0.4, -0.2) is 31.9 Å². The van der Waals surface area contributed by atoms with E-state index in [1.165, 1.54) is 11.1 Å². The minimum Gasteiger partial charge on any atom is -0.493 e. The maximum Gasteiger partial charge on any atom is 0.213 e. The highest BCUT2D eigenvalue weighted by molar-refractivity contribution is 5.40. The fourth-order valence-electron chi connectivity index (χ4n) is 2.96. The quantitative estimate of drug-likeness (QED) is 0.782. The van der Waals surface area contributed by atoms with Gasteiger partial charge >= 0.3 is 0 Å². The van der Waals surface area contributed by atoms with E-state index >= 15 is 0 Å². The predicted molar refractivity (Wildman–Crippen MR) is 97.1 cm³/mol. The lowest BCUT2D eigenvalue weighted by molar-refractivity contribution is 0.143. The molecule has 2 heterocycles. The molecule has 1 atom stereocenters. The Morgan fingerprint density at radius 3 is 2.96 bits per heavy atom. The third kappa shape index (κ3) is 4.94. The molecule has 0 bridgehead atoms. The van der Waals surface area contributed by atoms with E-state index in [4.69, 9.17) is 14.2 Å². The molecule has 2 aromatic rings. The van der Waals surface area contributed by atoms with E-state index in [1.54, 1.807) is 7.11 Å². The number of nitrogens with zero attached hydrogens (tertiary/aromatic N) is 1. The second-order valence-corrected chi connectivity index (χ2v) is 6.31. The Kier molecular flexibility index (Phi) is 6.25. The van der Waals surface area contributed by atoms with E-state index in [1.807, 2.05) is 18.3 Å². The summed E-state index contributed by atoms with van der Waals surface area (Å²) < 4.78 is 16.4. The van der Waals surface area contributed by atoms with Gasteiger partial charge in [-0.25, -0.2) is 4.98 Å². The van der Waals surface area contributed by atoms with Crippen molar-refractivity contribution >= 4 is 0 Å². The van der Waals surface area contributed by atoms with E-state index < -0.39 is 0 Å². The second-order valence-electron chi connectivity index (χ2n) is 6.31. The lowest BCUT2D eigenvalue weighted by Crippen LogP contribution is -2.20. The molecule has 0 amide bonds. The maximum absolute atomic E-state index is 5.89. The van der Waals surface area contributed by atoms with Crippen molar-refractivity contribution in [2.24, 2.45) is 0 Å². The van der Waals surface area contributed by atoms with Crippen molar-refractivity contribution in [3.05, 3.63) is 53.2 Å². The topological polar surface area (TPSA) is 52.6 Å². The zero-order valence-corrected chi connectivity index (χ0v) is 15.0. The van der Waals surface area contributed by atoms with Gasteiger partial charge in [-0.05, 0) is 37.0 Å². The predicted octanol–water partition coefficient (Wildman–Crippen LogP) is 3.42. The summed E-state index contributed by atoms with van der Waals surface area (Å²) in [5.74, 6) is 1.64. The van der Waals surface area contributed by atoms with Crippen LogP contribution in [0.25, 0.3) is 0 Å². The highest BCUT2D eigenvalue weighted by Gasteiger charge is 2.19. The first-order chi connectivity index (χ1) is 12.3. The van der Waals surface area contributed by atoms with Crippen LogP contribution in [0, 0.1) is 6.92 Å². The average molecular weight is 342 g/mol. The summed E-state index contributed by atoms with van der Waals surface area (Å²) in [5, 5.41) is 3.64. The van der Waals surface area contributed by atoms with Crippen molar-refractivity contribution in [1.29, 1.82) is 0 Å². The molecule has 0 saturated heterocycles. The van der Waals surface area contributed by atoms with Gasteiger partial charge < -0.3 is 19.5 Å². The molecule has 1 aromatic heterocycles. The number of aromatic nitrogens is 1. The Labute approximate surface area is 149 Å². The Morgan fingerprint density at radius 1 is 1.24 bits per heavy atom. The van der Waals surface area contributed by atoms with Crippen molar-refractivity contribution in [1.82, 2.24) is 10.3 Å². The van der Waals surface area contributed by atoms with E-state index in [9.17, 15) is 0 Å². The van der Waals surface area contributed by atoms with E-state index in [-0.39, 0.29) is 0 Å². The van der Waals surface area contributed by atoms with Gasteiger partial charge in [-0.3, -0.25) is 0 Å². The van der Waals surface area contributed by atoms with Crippen molar-refractivity contribution in [2.45, 2.75) is 32.4 Å². The molecule has 1 N–H and O–H groups in total. The third-order valence-electron chi connectivity index (χ3n) is 4.33. The Balaban J connectivity index is 1.60. The summed E-state index contributed by atoms with van der Waals surface area (Å²) in [7, 11) is 1.66. The molecule has 134 valence electrons. The zero-order valence-electron chi connectivity index (χ0n) is 15.0. The third-order valence-corrected chi connectivity index (χ3v) is 4.33. The number of ether oxygens (including phenoxy) is 3. The Morgan fingerprint density at radius 2 is 2.16 bits per heavy atom. The van der Waals surface area contributed by atoms with Gasteiger partial charge in [-0.1, -0.05) is 18.2 Å². The highest BCUT2D eigenvalue weighted by atomic mass is 16.5. The molecule has 0 saturated carbocycles. The molecule has 0 aliphatic carbocycles. The van der Waals surface area contributed by atoms with Gasteiger partial charge in [0.15, 0.2) is 0 Å². The SMILES string of the molecule is COCCOc1ccc(CN[C@H]2CCCOc3cc(C)ccc32)cn1. The molecule has 1 aliphatic rings. The average Bonchev–Trinajstić information content (AvgIpc) is 2.83. The number of fused-ring (bicyclic) bond motifs is 1. The first-order valence-corrected chi connectivity index (χ1v) is 8.79. The van der Waals surface area contributed by atoms with Crippen LogP contribution in [0.4, 0.5) is 0 Å². The number of pyridine rings is 1. The van der Waals surface area contributed by atoms with Gasteiger partial charge in [0.2, 0.25) is 5.88 Å². The summed E-state index contributed by atoms with van der Waals surface area (Å²) in [6.45, 7) is 4.72. The Hall–Kier alpha value is -2.11. The lowest BCUT2D eigenvalue weighted by Gasteiger charge is -2.19. The number of hydrogen-bond donors (Lipinski definition) is 1. The van der Waals surface area contributed by atoms with E-state index in [0.717, 1.165) is 37.3 Å². The highest BCUT2D eigenvalue weighted by Crippen LogP contribution is 2.32. The summed E-state index contributed by atoms with van der Waals surface area (Å²) in [5.41, 5.74) is 3.61. The maximum atomic E-state index is 5.89. The van der Waals surface area contributed by atoms with Crippen LogP contribution in [0.2, 0.25) is 0 Å². The van der Waals surface area contributed by atoms with Crippen molar-refractivity contribution in [3.8, 4) is 11.6 Å². The molecule has 0 unspecified atom stereocenters. The number of methoxy groups -OCH3 is 1. The standard InChI is InChI=1S/C20H26N2O3/c1-15-5-7-17-18(4-3-9-24-19(17)12-15)21-13-16-6-8-20(22-14-16)25-11-10-23-2/h5-8,12,14,18,21H,3-4,9-11,13H2,1-2H3/t18-/m0/s1. The molecule has 5 heteroatoms. The minimum absolute atomic E-state index is 0.302. The fraction of sp³-hybridized carbons (Fsp3) is 0.450. The van der Waals surface area contributed by atoms with Crippen LogP contribution in [0.3, 0.4) is 0 Å². The van der Waals surface area contributed by atoms with Crippen LogP contribution >= 0.6 is 0 Å². The summed E-state index contributed by atoms with van der Waals surface area (Å²) in [6.07, 6.45) is 3.98. The van der Waals surface area contributed by atoms with Crippen molar-refractivity contribution in [2.75, 3.05) is 26.9 Å². The first-order valence-electron chi connectivity index (χ1n) is 8.79. The van der Waals surface area contributed by atoms with Crippen LogP contribution in [-0.2, 0) is 11.3 Å². The smallest absolute Gasteiger partial charge is 0.213 e. The summed E-state index contributed by atoms with van der Waals surface area (Å²) >= 11 is 0. The number of benzene rings is 1. The second kappa shape index (κ2) is 8.83. The number of aryl methyl sites for hydroxylation is 1. The normalized spacial score (nSPS) is 16.6. The largest absolute Gasteiger partial charge is 0.493 e. The van der Waals surface area contributed by atoms with Gasteiger partial charge in [0.25, 0.3) is 0 Å². The molecule has 1 aliphatic heterocycles. The van der Waals surface area contributed by atoms with Gasteiger partial charge in [0.05, 0.1) is 13.2 Å². The molecule has 0 fully saturated rings. The number of rotatable bonds is 7. The van der Waals surface area contributed by atoms with Gasteiger partial charge in [-0.15, -0.1) is 0 Å². The summed E-state index contributed by atoms with van der Waals surface area (Å²) in [6, 6.07) is 10.7. The van der Waals surface area contributed by atoms with Gasteiger partial charge in [0.1, 0.15) is 12.4 Å². The summed E-state index contributed by atoms with van der Waals surface area (Å²) in [4.78, 5) is 4.35. The van der Waals surface area contributed by atoms with Crippen molar-refractivity contribution in [3.63, 3.8) is 0 Å². The molecular weight excluding hydrogens is 316 g/mol. The van der Waals surface area contributed by atoms with E-state index in [2.05, 4.69) is 35.4 Å². The van der Waals surface area contributed by atoms with Crippen LogP contribution < -0.4 is 14.8 Å². The Bertz CT molecular complexity index is 673. The van der Waals surface area contributed by atoms with Crippen molar-refractivity contribution < 1.29 is 14.2 Å².